The summed E-state index contributed by atoms with van der Waals surface area (Å²) in [5, 5.41) is 9.38. The van der Waals surface area contributed by atoms with Gasteiger partial charge < -0.3 is 50.8 Å². The molecule has 18 heteroatoms. The van der Waals surface area contributed by atoms with Crippen molar-refractivity contribution in [3.63, 3.8) is 0 Å². The lowest BCUT2D eigenvalue weighted by atomic mass is 10.2. The number of benzene rings is 2. The van der Waals surface area contributed by atoms with Crippen LogP contribution >= 0.6 is 22.7 Å². The molecule has 2 saturated heterocycles. The van der Waals surface area contributed by atoms with Crippen molar-refractivity contribution in [2.45, 2.75) is 32.9 Å². The standard InChI is InChI=1S/C22H29N5O3S.C21H27N5O3S/c1-3-30-22(28)17(23)13-29-14-26-8-10-27(11-9-26)20-16-12-15(2)31-21(16)25-19-7-5-4-6-18(19)24-20;1-14-11-15-19(23-17-5-3-4-6-18(17)24-20(15)30-14)26-9-7-25(8-10-26)13-29-12-16(22)21(27)28-2/h4-7,12,17,25H,3,8-11,13-14,23H2,1-2H3;3-6,11,16,24H,7-10,12-13,22H2,1-2H3. The van der Waals surface area contributed by atoms with Gasteiger partial charge in [0.1, 0.15) is 33.8 Å². The van der Waals surface area contributed by atoms with Crippen LogP contribution in [-0.2, 0) is 28.5 Å². The summed E-state index contributed by atoms with van der Waals surface area (Å²) >= 11 is 3.51. The molecule has 326 valence electrons. The van der Waals surface area contributed by atoms with Gasteiger partial charge in [0, 0.05) is 62.1 Å². The maximum Gasteiger partial charge on any atom is 0.325 e. The first-order chi connectivity index (χ1) is 29.6. The second-order valence-electron chi connectivity index (χ2n) is 15.1. The summed E-state index contributed by atoms with van der Waals surface area (Å²) in [6.45, 7) is 14.3. The summed E-state index contributed by atoms with van der Waals surface area (Å²) in [6.07, 6.45) is 0. The number of rotatable bonds is 11. The first-order valence-electron chi connectivity index (χ1n) is 20.6. The molecule has 8 rings (SSSR count). The Kier molecular flexibility index (Phi) is 15.0. The number of aryl methyl sites for hydroxylation is 2. The predicted molar refractivity (Wildman–Crippen MR) is 242 cm³/mol. The van der Waals surface area contributed by atoms with Gasteiger partial charge in [-0.3, -0.25) is 19.4 Å². The van der Waals surface area contributed by atoms with Crippen molar-refractivity contribution in [2.75, 3.05) is 103 Å². The van der Waals surface area contributed by atoms with Crippen LogP contribution in [-0.4, -0.2) is 148 Å². The van der Waals surface area contributed by atoms with Crippen LogP contribution in [0.1, 0.15) is 27.8 Å². The van der Waals surface area contributed by atoms with Crippen LogP contribution in [0.25, 0.3) is 0 Å². The third-order valence-electron chi connectivity index (χ3n) is 10.5. The molecule has 16 nitrogen and oxygen atoms in total. The molecule has 0 amide bonds. The average molecular weight is 873 g/mol. The van der Waals surface area contributed by atoms with Crippen molar-refractivity contribution < 1.29 is 28.5 Å². The van der Waals surface area contributed by atoms with E-state index in [-0.39, 0.29) is 13.2 Å². The Balaban J connectivity index is 0.000000184. The smallest absolute Gasteiger partial charge is 0.325 e. The molecule has 0 spiro atoms. The van der Waals surface area contributed by atoms with E-state index in [9.17, 15) is 9.59 Å². The molecule has 4 aromatic rings. The Morgan fingerprint density at radius 3 is 1.54 bits per heavy atom. The van der Waals surface area contributed by atoms with E-state index in [0.717, 1.165) is 108 Å². The maximum atomic E-state index is 11.6. The van der Waals surface area contributed by atoms with Crippen LogP contribution in [0.5, 0.6) is 0 Å². The number of aliphatic imine (C=N–C) groups is 2. The van der Waals surface area contributed by atoms with E-state index >= 15 is 0 Å². The highest BCUT2D eigenvalue weighted by Gasteiger charge is 2.28. The summed E-state index contributed by atoms with van der Waals surface area (Å²) in [6, 6.07) is 19.2. The number of esters is 2. The topological polar surface area (TPSA) is 185 Å². The summed E-state index contributed by atoms with van der Waals surface area (Å²) in [7, 11) is 1.33. The SMILES string of the molecule is CCOC(=O)C(N)COCN1CCN(C2=Nc3ccccc3Nc3sc(C)cc32)CC1.COC(=O)C(N)COCN1CCN(C2=Nc3ccccc3Nc3sc(C)cc32)CC1. The van der Waals surface area contributed by atoms with Crippen LogP contribution in [0.4, 0.5) is 32.8 Å². The zero-order valence-corrected chi connectivity index (χ0v) is 36.9. The van der Waals surface area contributed by atoms with Gasteiger partial charge in [0.25, 0.3) is 0 Å². The molecular formula is C43H56N10O6S2. The van der Waals surface area contributed by atoms with E-state index in [1.807, 2.05) is 36.4 Å². The van der Waals surface area contributed by atoms with Gasteiger partial charge in [-0.1, -0.05) is 24.3 Å². The number of nitrogens with two attached hydrogens (primary N) is 2. The molecule has 2 atom stereocenters. The van der Waals surface area contributed by atoms with Gasteiger partial charge in [0.15, 0.2) is 0 Å². The van der Waals surface area contributed by atoms with Gasteiger partial charge in [-0.2, -0.15) is 0 Å². The zero-order valence-electron chi connectivity index (χ0n) is 35.2. The number of hydrogen-bond acceptors (Lipinski definition) is 18. The van der Waals surface area contributed by atoms with E-state index in [4.69, 9.17) is 35.7 Å². The van der Waals surface area contributed by atoms with Crippen LogP contribution in [0.15, 0.2) is 70.6 Å². The molecule has 0 aliphatic carbocycles. The number of fused-ring (bicyclic) bond motifs is 4. The molecule has 0 bridgehead atoms. The molecule has 4 aliphatic heterocycles. The highest BCUT2D eigenvalue weighted by Crippen LogP contribution is 2.40. The van der Waals surface area contributed by atoms with E-state index in [1.165, 1.54) is 16.9 Å². The third-order valence-corrected chi connectivity index (χ3v) is 12.5. The Hall–Kier alpha value is -4.92. The number of methoxy groups -OCH3 is 1. The summed E-state index contributed by atoms with van der Waals surface area (Å²) in [5.74, 6) is 1.15. The fraction of sp³-hybridized carbons (Fsp3) is 0.442. The number of nitrogens with zero attached hydrogens (tertiary/aromatic N) is 6. The lowest BCUT2D eigenvalue weighted by Gasteiger charge is -2.36. The number of anilines is 4. The van der Waals surface area contributed by atoms with Crippen molar-refractivity contribution in [1.82, 2.24) is 19.6 Å². The van der Waals surface area contributed by atoms with Gasteiger partial charge in [-0.25, -0.2) is 9.98 Å². The maximum absolute atomic E-state index is 11.6. The number of amidine groups is 2. The molecule has 0 saturated carbocycles. The van der Waals surface area contributed by atoms with Gasteiger partial charge >= 0.3 is 11.9 Å². The molecular weight excluding hydrogens is 817 g/mol. The lowest BCUT2D eigenvalue weighted by Crippen LogP contribution is -2.49. The first-order valence-corrected chi connectivity index (χ1v) is 22.2. The normalized spacial score (nSPS) is 17.2. The Labute approximate surface area is 365 Å². The van der Waals surface area contributed by atoms with Crippen LogP contribution < -0.4 is 22.1 Å². The quantitative estimate of drug-likeness (QED) is 0.148. The largest absolute Gasteiger partial charge is 0.468 e. The van der Waals surface area contributed by atoms with Crippen molar-refractivity contribution >= 4 is 79.0 Å². The van der Waals surface area contributed by atoms with Crippen molar-refractivity contribution in [3.8, 4) is 0 Å². The molecule has 4 aliphatic rings. The molecule has 2 aromatic carbocycles. The second-order valence-corrected chi connectivity index (χ2v) is 17.6. The van der Waals surface area contributed by atoms with Crippen molar-refractivity contribution in [3.05, 3.63) is 81.5 Å². The average Bonchev–Trinajstić information content (AvgIpc) is 3.73. The van der Waals surface area contributed by atoms with Crippen molar-refractivity contribution in [2.24, 2.45) is 21.5 Å². The van der Waals surface area contributed by atoms with E-state index in [0.29, 0.717) is 20.1 Å². The number of nitrogens with one attached hydrogen (secondary N) is 2. The second kappa shape index (κ2) is 20.8. The zero-order chi connectivity index (χ0) is 42.9. The number of piperazine rings is 2. The number of para-hydroxylation sites is 4. The third kappa shape index (κ3) is 11.1. The summed E-state index contributed by atoms with van der Waals surface area (Å²) in [4.78, 5) is 44.7. The number of carbonyl (C=O) groups excluding carboxylic acids is 2. The van der Waals surface area contributed by atoms with E-state index < -0.39 is 24.0 Å². The minimum absolute atomic E-state index is 0.152. The Morgan fingerprint density at radius 2 is 1.11 bits per heavy atom. The molecule has 6 heterocycles. The Morgan fingerprint density at radius 1 is 0.689 bits per heavy atom. The molecule has 6 N–H and O–H groups in total. The number of hydrogen-bond donors (Lipinski definition) is 4. The predicted octanol–water partition coefficient (Wildman–Crippen LogP) is 4.96. The lowest BCUT2D eigenvalue weighted by molar-refractivity contribution is -0.147. The van der Waals surface area contributed by atoms with Gasteiger partial charge in [0.2, 0.25) is 0 Å². The monoisotopic (exact) mass is 872 g/mol. The van der Waals surface area contributed by atoms with E-state index in [1.54, 1.807) is 29.6 Å². The summed E-state index contributed by atoms with van der Waals surface area (Å²) in [5.41, 5.74) is 17.8. The van der Waals surface area contributed by atoms with Gasteiger partial charge in [-0.05, 0) is 57.2 Å². The fourth-order valence-electron chi connectivity index (χ4n) is 7.31. The molecule has 2 fully saturated rings. The van der Waals surface area contributed by atoms with Gasteiger partial charge in [0.05, 0.1) is 74.3 Å². The number of carbonyl (C=O) groups is 2. The number of ether oxygens (including phenoxy) is 4. The Bertz CT molecular complexity index is 2190. The summed E-state index contributed by atoms with van der Waals surface area (Å²) < 4.78 is 20.8. The minimum atomic E-state index is -0.746. The highest BCUT2D eigenvalue weighted by atomic mass is 32.1. The fourth-order valence-corrected chi connectivity index (χ4v) is 9.15. The molecule has 0 radical (unpaired) electrons. The van der Waals surface area contributed by atoms with Crippen molar-refractivity contribution in [1.29, 1.82) is 0 Å². The van der Waals surface area contributed by atoms with Gasteiger partial charge in [-0.15, -0.1) is 22.7 Å². The molecule has 2 aromatic heterocycles. The first kappa shape index (κ1) is 44.1. The van der Waals surface area contributed by atoms with Crippen LogP contribution in [0.3, 0.4) is 0 Å². The number of thiophene rings is 2. The van der Waals surface area contributed by atoms with E-state index in [2.05, 4.69) is 73.1 Å². The van der Waals surface area contributed by atoms with Crippen LogP contribution in [0, 0.1) is 13.8 Å². The van der Waals surface area contributed by atoms with Crippen LogP contribution in [0.2, 0.25) is 0 Å². The molecule has 2 unspecified atom stereocenters. The highest BCUT2D eigenvalue weighted by molar-refractivity contribution is 7.17. The minimum Gasteiger partial charge on any atom is -0.468 e. The molecule has 61 heavy (non-hydrogen) atoms.